The van der Waals surface area contributed by atoms with Crippen LogP contribution < -0.4 is 4.90 Å². The first kappa shape index (κ1) is 31.0. The molecule has 1 saturated carbocycles. The maximum Gasteiger partial charge on any atom is 0.238 e. The third-order valence-electron chi connectivity index (χ3n) is 10.8. The second kappa shape index (κ2) is 11.7. The lowest BCUT2D eigenvalue weighted by molar-refractivity contribution is -0.135. The van der Waals surface area contributed by atoms with Gasteiger partial charge in [0.2, 0.25) is 11.8 Å². The van der Waals surface area contributed by atoms with Crippen molar-refractivity contribution < 1.29 is 24.3 Å². The number of amides is 2. The van der Waals surface area contributed by atoms with Crippen molar-refractivity contribution in [2.45, 2.75) is 24.2 Å². The predicted molar refractivity (Wildman–Crippen MR) is 191 cm³/mol. The number of Topliss-reactive ketones (excluding diaryl/α,β-unsaturated/α-hetero) is 1. The van der Waals surface area contributed by atoms with Gasteiger partial charge in [-0.25, -0.2) is 0 Å². The second-order valence-electron chi connectivity index (χ2n) is 13.0. The quantitative estimate of drug-likeness (QED) is 0.131. The van der Waals surface area contributed by atoms with E-state index in [2.05, 4.69) is 22.6 Å². The predicted octanol–water partition coefficient (Wildman–Crippen LogP) is 7.68. The van der Waals surface area contributed by atoms with Crippen LogP contribution in [-0.4, -0.2) is 28.5 Å². The molecule has 1 heterocycles. The number of carbonyl (C=O) groups is 4. The highest BCUT2D eigenvalue weighted by atomic mass is 127. The minimum Gasteiger partial charge on any atom is -0.508 e. The van der Waals surface area contributed by atoms with Gasteiger partial charge < -0.3 is 5.11 Å². The van der Waals surface area contributed by atoms with Crippen LogP contribution in [-0.2, 0) is 24.6 Å². The van der Waals surface area contributed by atoms with E-state index < -0.39 is 35.0 Å². The van der Waals surface area contributed by atoms with Crippen molar-refractivity contribution in [3.63, 3.8) is 0 Å². The number of carbonyl (C=O) groups excluding carboxylic acids is 4. The molecule has 0 bridgehead atoms. The van der Waals surface area contributed by atoms with Crippen LogP contribution in [0.25, 0.3) is 5.57 Å². The van der Waals surface area contributed by atoms with Crippen molar-refractivity contribution in [2.24, 2.45) is 23.7 Å². The van der Waals surface area contributed by atoms with E-state index in [1.165, 1.54) is 17.0 Å². The Morgan fingerprint density at radius 1 is 0.812 bits per heavy atom. The molecule has 6 atom stereocenters. The average molecular weight is 766 g/mol. The number of anilines is 1. The molecule has 2 amide bonds. The molecule has 238 valence electrons. The summed E-state index contributed by atoms with van der Waals surface area (Å²) in [7, 11) is 0. The number of aromatic hydroxyl groups is 1. The first-order chi connectivity index (χ1) is 23.2. The molecular weight excluding hydrogens is 737 g/mol. The highest BCUT2D eigenvalue weighted by Gasteiger charge is 2.66. The molecule has 1 N–H and O–H groups in total. The van der Waals surface area contributed by atoms with Crippen molar-refractivity contribution >= 4 is 68.8 Å². The number of ketones is 2. The van der Waals surface area contributed by atoms with Crippen LogP contribution in [0.2, 0.25) is 5.02 Å². The molecule has 6 nitrogen and oxygen atoms in total. The fourth-order valence-electron chi connectivity index (χ4n) is 8.82. The zero-order valence-corrected chi connectivity index (χ0v) is 28.5. The van der Waals surface area contributed by atoms with Gasteiger partial charge in [0, 0.05) is 31.6 Å². The van der Waals surface area contributed by atoms with E-state index in [9.17, 15) is 19.5 Å². The van der Waals surface area contributed by atoms with Gasteiger partial charge in [0.25, 0.3) is 0 Å². The molecule has 0 aromatic heterocycles. The van der Waals surface area contributed by atoms with Crippen LogP contribution in [0.15, 0.2) is 121 Å². The molecule has 4 aliphatic rings. The fraction of sp³-hybridized carbons (Fsp3) is 0.200. The first-order valence-electron chi connectivity index (χ1n) is 15.9. The number of benzene rings is 4. The number of hydrogen-bond donors (Lipinski definition) is 1. The summed E-state index contributed by atoms with van der Waals surface area (Å²) in [4.78, 5) is 59.7. The van der Waals surface area contributed by atoms with Crippen LogP contribution in [0, 0.1) is 27.2 Å². The molecule has 0 radical (unpaired) electrons. The van der Waals surface area contributed by atoms with E-state index in [1.807, 2.05) is 78.9 Å². The third kappa shape index (κ3) is 4.50. The SMILES string of the molecule is O=C1C(c2ccccc2)=CC(=O)C2(c3ccccc3)C1CC1C(=CCC3C(=O)N(c4ccc(I)cc4)C(=O)C31)C2c1cc(Cl)ccc1O. The van der Waals surface area contributed by atoms with E-state index in [1.54, 1.807) is 24.3 Å². The Morgan fingerprint density at radius 2 is 1.50 bits per heavy atom. The molecule has 1 saturated heterocycles. The third-order valence-corrected chi connectivity index (χ3v) is 11.7. The molecule has 1 aliphatic heterocycles. The lowest BCUT2D eigenvalue weighted by atomic mass is 9.44. The number of nitrogens with zero attached hydrogens (tertiary/aromatic N) is 1. The average Bonchev–Trinajstić information content (AvgIpc) is 3.36. The first-order valence-corrected chi connectivity index (χ1v) is 17.4. The number of rotatable bonds is 4. The molecule has 8 heteroatoms. The van der Waals surface area contributed by atoms with Crippen molar-refractivity contribution in [1.82, 2.24) is 0 Å². The summed E-state index contributed by atoms with van der Waals surface area (Å²) in [6.07, 6.45) is 3.93. The lowest BCUT2D eigenvalue weighted by Gasteiger charge is -2.55. The van der Waals surface area contributed by atoms with E-state index in [-0.39, 0.29) is 35.6 Å². The van der Waals surface area contributed by atoms with E-state index in [0.29, 0.717) is 39.4 Å². The van der Waals surface area contributed by atoms with Crippen LogP contribution in [0.3, 0.4) is 0 Å². The Balaban J connectivity index is 1.37. The number of phenols is 1. The highest BCUT2D eigenvalue weighted by Crippen LogP contribution is 2.64. The van der Waals surface area contributed by atoms with Crippen LogP contribution in [0.1, 0.15) is 35.4 Å². The van der Waals surface area contributed by atoms with Gasteiger partial charge in [0.05, 0.1) is 22.9 Å². The number of imide groups is 1. The maximum absolute atomic E-state index is 15.0. The van der Waals surface area contributed by atoms with Crippen LogP contribution in [0.5, 0.6) is 5.75 Å². The van der Waals surface area contributed by atoms with Gasteiger partial charge in [-0.2, -0.15) is 0 Å². The zero-order chi connectivity index (χ0) is 33.3. The summed E-state index contributed by atoms with van der Waals surface area (Å²) >= 11 is 8.76. The monoisotopic (exact) mass is 765 g/mol. The number of halogens is 2. The molecule has 48 heavy (non-hydrogen) atoms. The highest BCUT2D eigenvalue weighted by molar-refractivity contribution is 14.1. The van der Waals surface area contributed by atoms with Crippen molar-refractivity contribution in [3.05, 3.63) is 146 Å². The number of allylic oxidation sites excluding steroid dienone is 4. The van der Waals surface area contributed by atoms with E-state index in [4.69, 9.17) is 11.6 Å². The Hall–Kier alpha value is -4.34. The molecule has 2 fully saturated rings. The Morgan fingerprint density at radius 3 is 2.21 bits per heavy atom. The van der Waals surface area contributed by atoms with Gasteiger partial charge in [-0.05, 0) is 101 Å². The van der Waals surface area contributed by atoms with Crippen LogP contribution >= 0.6 is 34.2 Å². The number of phenolic OH excluding ortho intramolecular Hbond substituents is 1. The summed E-state index contributed by atoms with van der Waals surface area (Å²) in [6.45, 7) is 0. The minimum absolute atomic E-state index is 0.0606. The molecule has 8 rings (SSSR count). The fourth-order valence-corrected chi connectivity index (χ4v) is 9.36. The van der Waals surface area contributed by atoms with Gasteiger partial charge >= 0.3 is 0 Å². The van der Waals surface area contributed by atoms with Gasteiger partial charge in [-0.15, -0.1) is 0 Å². The van der Waals surface area contributed by atoms with E-state index in [0.717, 1.165) is 9.14 Å². The molecular formula is C40H29ClINO5. The topological polar surface area (TPSA) is 91.8 Å². The summed E-state index contributed by atoms with van der Waals surface area (Å²) < 4.78 is 0.980. The lowest BCUT2D eigenvalue weighted by Crippen LogP contribution is -2.58. The molecule has 3 aliphatic carbocycles. The molecule has 4 aromatic carbocycles. The van der Waals surface area contributed by atoms with Crippen molar-refractivity contribution in [3.8, 4) is 5.75 Å². The normalized spacial score (nSPS) is 28.0. The zero-order valence-electron chi connectivity index (χ0n) is 25.6. The van der Waals surface area contributed by atoms with E-state index >= 15 is 4.79 Å². The summed E-state index contributed by atoms with van der Waals surface area (Å²) in [5.74, 6) is -4.70. The largest absolute Gasteiger partial charge is 0.508 e. The maximum atomic E-state index is 15.0. The number of hydrogen-bond acceptors (Lipinski definition) is 5. The Kier molecular flexibility index (Phi) is 7.53. The van der Waals surface area contributed by atoms with Crippen molar-refractivity contribution in [2.75, 3.05) is 4.90 Å². The second-order valence-corrected chi connectivity index (χ2v) is 14.7. The number of fused-ring (bicyclic) bond motifs is 4. The van der Waals surface area contributed by atoms with Gasteiger partial charge in [0.1, 0.15) is 5.75 Å². The molecule has 6 unspecified atom stereocenters. The molecule has 0 spiro atoms. The summed E-state index contributed by atoms with van der Waals surface area (Å²) in [5, 5.41) is 11.8. The Bertz CT molecular complexity index is 2080. The van der Waals surface area contributed by atoms with Crippen molar-refractivity contribution in [1.29, 1.82) is 0 Å². The summed E-state index contributed by atoms with van der Waals surface area (Å²) in [5.41, 5.74) is 1.87. The molecule has 4 aromatic rings. The summed E-state index contributed by atoms with van der Waals surface area (Å²) in [6, 6.07) is 30.4. The van der Waals surface area contributed by atoms with Crippen LogP contribution in [0.4, 0.5) is 5.69 Å². The van der Waals surface area contributed by atoms with Gasteiger partial charge in [-0.1, -0.05) is 83.9 Å². The van der Waals surface area contributed by atoms with Gasteiger partial charge in [-0.3, -0.25) is 24.1 Å². The Labute approximate surface area is 296 Å². The van der Waals surface area contributed by atoms with Gasteiger partial charge in [0.15, 0.2) is 11.6 Å². The minimum atomic E-state index is -1.44. The smallest absolute Gasteiger partial charge is 0.238 e. The standard InChI is InChI=1S/C40H29ClINO5/c41-24-11-18-33(44)31(19-24)36-27-16-17-28-35(39(48)43(38(28)47)26-14-12-25(42)13-15-26)30(27)20-32-37(46)29(22-7-3-1-4-8-22)21-34(45)40(32,36)23-9-5-2-6-10-23/h1-16,18-19,21,28,30,32,35-36,44H,17,20H2.